The molecule has 1 N–H and O–H groups in total. The number of para-hydroxylation sites is 1. The topological polar surface area (TPSA) is 61.4 Å². The molecular weight excluding hydrogens is 430 g/mol. The number of aromatic nitrogens is 2. The highest BCUT2D eigenvalue weighted by Crippen LogP contribution is 2.25. The molecule has 7 heteroatoms. The van der Waals surface area contributed by atoms with Crippen LogP contribution in [0.2, 0.25) is 0 Å². The van der Waals surface area contributed by atoms with Gasteiger partial charge in [-0.3, -0.25) is 4.79 Å². The van der Waals surface area contributed by atoms with Gasteiger partial charge in [-0.25, -0.2) is 0 Å². The third kappa shape index (κ3) is 5.85. The summed E-state index contributed by atoms with van der Waals surface area (Å²) in [7, 11) is 0. The van der Waals surface area contributed by atoms with Crippen molar-refractivity contribution < 1.29 is 4.79 Å². The largest absolute Gasteiger partial charge is 0.368 e. The van der Waals surface area contributed by atoms with E-state index in [9.17, 15) is 4.79 Å². The number of thioether (sulfide) groups is 1. The number of anilines is 3. The van der Waals surface area contributed by atoms with Crippen LogP contribution in [0.3, 0.4) is 0 Å². The van der Waals surface area contributed by atoms with Crippen LogP contribution in [0.1, 0.15) is 23.6 Å². The van der Waals surface area contributed by atoms with E-state index in [-0.39, 0.29) is 5.91 Å². The van der Waals surface area contributed by atoms with Crippen LogP contribution in [-0.2, 0) is 11.2 Å². The monoisotopic (exact) mass is 461 g/mol. The molecule has 1 fully saturated rings. The summed E-state index contributed by atoms with van der Waals surface area (Å²) in [6, 6.07) is 18.5. The quantitative estimate of drug-likeness (QED) is 0.514. The Morgan fingerprint density at radius 1 is 0.970 bits per heavy atom. The highest BCUT2D eigenvalue weighted by atomic mass is 32.2. The summed E-state index contributed by atoms with van der Waals surface area (Å²) < 4.78 is 0. The predicted octanol–water partition coefficient (Wildman–Crippen LogP) is 4.71. The number of hydrogen-bond acceptors (Lipinski definition) is 6. The Morgan fingerprint density at radius 2 is 1.73 bits per heavy atom. The van der Waals surface area contributed by atoms with E-state index in [1.54, 1.807) is 0 Å². The van der Waals surface area contributed by atoms with E-state index in [4.69, 9.17) is 0 Å². The van der Waals surface area contributed by atoms with Crippen LogP contribution in [0.25, 0.3) is 0 Å². The SMILES string of the molecule is CCc1ccccc1NC(=O)CSc1ccc(N2CCN(c3cc(C)ccc3C)CC2)nn1. The van der Waals surface area contributed by atoms with Gasteiger partial charge in [0.25, 0.3) is 0 Å². The molecule has 3 aromatic rings. The lowest BCUT2D eigenvalue weighted by Crippen LogP contribution is -2.47. The standard InChI is InChI=1S/C26H31N5OS/c1-4-21-7-5-6-8-22(21)27-25(32)18-33-26-12-11-24(28-29-26)31-15-13-30(14-16-31)23-17-19(2)9-10-20(23)3/h5-12,17H,4,13-16,18H2,1-3H3,(H,27,32). The number of amides is 1. The molecule has 172 valence electrons. The molecule has 0 atom stereocenters. The average molecular weight is 462 g/mol. The van der Waals surface area contributed by atoms with Crippen molar-refractivity contribution in [2.75, 3.05) is 47.0 Å². The molecule has 0 unspecified atom stereocenters. The first kappa shape index (κ1) is 23.1. The Labute approximate surface area is 200 Å². The van der Waals surface area contributed by atoms with Crippen LogP contribution in [0, 0.1) is 13.8 Å². The van der Waals surface area contributed by atoms with Crippen LogP contribution >= 0.6 is 11.8 Å². The normalized spacial score (nSPS) is 13.8. The first-order valence-corrected chi connectivity index (χ1v) is 12.4. The zero-order valence-electron chi connectivity index (χ0n) is 19.5. The summed E-state index contributed by atoms with van der Waals surface area (Å²) in [5.74, 6) is 1.16. The molecule has 4 rings (SSSR count). The fourth-order valence-electron chi connectivity index (χ4n) is 4.07. The molecule has 0 aliphatic carbocycles. The highest BCUT2D eigenvalue weighted by molar-refractivity contribution is 7.99. The van der Waals surface area contributed by atoms with Crippen molar-refractivity contribution in [3.63, 3.8) is 0 Å². The van der Waals surface area contributed by atoms with E-state index in [1.165, 1.54) is 28.6 Å². The molecule has 0 spiro atoms. The van der Waals surface area contributed by atoms with Crippen molar-refractivity contribution in [2.24, 2.45) is 0 Å². The summed E-state index contributed by atoms with van der Waals surface area (Å²) >= 11 is 1.40. The number of piperazine rings is 1. The van der Waals surface area contributed by atoms with Gasteiger partial charge in [-0.15, -0.1) is 10.2 Å². The summed E-state index contributed by atoms with van der Waals surface area (Å²) in [6.07, 6.45) is 0.884. The molecule has 0 radical (unpaired) electrons. The van der Waals surface area contributed by atoms with Gasteiger partial charge in [0.1, 0.15) is 5.03 Å². The maximum absolute atomic E-state index is 12.4. The number of nitrogens with zero attached hydrogens (tertiary/aromatic N) is 4. The maximum atomic E-state index is 12.4. The Balaban J connectivity index is 1.28. The molecule has 1 saturated heterocycles. The smallest absolute Gasteiger partial charge is 0.234 e. The number of carbonyl (C=O) groups is 1. The van der Waals surface area contributed by atoms with Crippen molar-refractivity contribution in [3.8, 4) is 0 Å². The predicted molar refractivity (Wildman–Crippen MR) is 138 cm³/mol. The minimum absolute atomic E-state index is 0.0330. The fourth-order valence-corrected chi connectivity index (χ4v) is 4.69. The third-order valence-corrected chi connectivity index (χ3v) is 6.88. The van der Waals surface area contributed by atoms with Gasteiger partial charge in [0.15, 0.2) is 5.82 Å². The van der Waals surface area contributed by atoms with Gasteiger partial charge in [0, 0.05) is 37.6 Å². The van der Waals surface area contributed by atoms with Gasteiger partial charge >= 0.3 is 0 Å². The second-order valence-electron chi connectivity index (χ2n) is 8.34. The van der Waals surface area contributed by atoms with Gasteiger partial charge in [-0.05, 0) is 61.2 Å². The molecule has 1 aromatic heterocycles. The number of rotatable bonds is 7. The lowest BCUT2D eigenvalue weighted by Gasteiger charge is -2.37. The number of carbonyl (C=O) groups excluding carboxylic acids is 1. The van der Waals surface area contributed by atoms with Gasteiger partial charge < -0.3 is 15.1 Å². The zero-order chi connectivity index (χ0) is 23.2. The van der Waals surface area contributed by atoms with E-state index in [0.717, 1.165) is 54.7 Å². The summed E-state index contributed by atoms with van der Waals surface area (Å²) in [5, 5.41) is 12.5. The fraction of sp³-hybridized carbons (Fsp3) is 0.346. The van der Waals surface area contributed by atoms with Crippen LogP contribution < -0.4 is 15.1 Å². The van der Waals surface area contributed by atoms with Gasteiger partial charge in [-0.2, -0.15) is 0 Å². The van der Waals surface area contributed by atoms with Crippen molar-refractivity contribution >= 4 is 34.9 Å². The summed E-state index contributed by atoms with van der Waals surface area (Å²) in [5.41, 5.74) is 5.95. The van der Waals surface area contributed by atoms with E-state index < -0.39 is 0 Å². The molecule has 1 amide bonds. The molecule has 2 heterocycles. The van der Waals surface area contributed by atoms with Crippen molar-refractivity contribution in [3.05, 3.63) is 71.3 Å². The molecule has 1 aliphatic heterocycles. The van der Waals surface area contributed by atoms with Crippen molar-refractivity contribution in [1.82, 2.24) is 10.2 Å². The number of benzene rings is 2. The summed E-state index contributed by atoms with van der Waals surface area (Å²) in [6.45, 7) is 10.1. The molecule has 6 nitrogen and oxygen atoms in total. The first-order valence-electron chi connectivity index (χ1n) is 11.4. The van der Waals surface area contributed by atoms with E-state index in [2.05, 4.69) is 64.3 Å². The second-order valence-corrected chi connectivity index (χ2v) is 9.34. The molecular formula is C26H31N5OS. The van der Waals surface area contributed by atoms with Crippen LogP contribution in [-0.4, -0.2) is 48.0 Å². The van der Waals surface area contributed by atoms with Crippen LogP contribution in [0.15, 0.2) is 59.6 Å². The van der Waals surface area contributed by atoms with Gasteiger partial charge in [0.2, 0.25) is 5.91 Å². The molecule has 0 bridgehead atoms. The zero-order valence-corrected chi connectivity index (χ0v) is 20.4. The van der Waals surface area contributed by atoms with E-state index in [0.29, 0.717) is 5.75 Å². The minimum Gasteiger partial charge on any atom is -0.368 e. The molecule has 1 aliphatic rings. The highest BCUT2D eigenvalue weighted by Gasteiger charge is 2.20. The Kier molecular flexibility index (Phi) is 7.50. The van der Waals surface area contributed by atoms with Crippen LogP contribution in [0.5, 0.6) is 0 Å². The Bertz CT molecular complexity index is 1090. The number of nitrogens with one attached hydrogen (secondary N) is 1. The molecule has 33 heavy (non-hydrogen) atoms. The van der Waals surface area contributed by atoms with E-state index in [1.807, 2.05) is 36.4 Å². The molecule has 0 saturated carbocycles. The van der Waals surface area contributed by atoms with E-state index >= 15 is 0 Å². The van der Waals surface area contributed by atoms with Crippen molar-refractivity contribution in [1.29, 1.82) is 0 Å². The Morgan fingerprint density at radius 3 is 2.45 bits per heavy atom. The summed E-state index contributed by atoms with van der Waals surface area (Å²) in [4.78, 5) is 17.1. The maximum Gasteiger partial charge on any atom is 0.234 e. The van der Waals surface area contributed by atoms with Gasteiger partial charge in [0.05, 0.1) is 5.75 Å². The van der Waals surface area contributed by atoms with Crippen LogP contribution in [0.4, 0.5) is 17.2 Å². The van der Waals surface area contributed by atoms with Crippen molar-refractivity contribution in [2.45, 2.75) is 32.2 Å². The third-order valence-electron chi connectivity index (χ3n) is 5.96. The average Bonchev–Trinajstić information content (AvgIpc) is 2.85. The number of hydrogen-bond donors (Lipinski definition) is 1. The first-order chi connectivity index (χ1) is 16.0. The lowest BCUT2D eigenvalue weighted by atomic mass is 10.1. The van der Waals surface area contributed by atoms with Gasteiger partial charge in [-0.1, -0.05) is 49.0 Å². The Hall–Kier alpha value is -3.06. The lowest BCUT2D eigenvalue weighted by molar-refractivity contribution is -0.113. The minimum atomic E-state index is -0.0330. The second kappa shape index (κ2) is 10.7. The number of aryl methyl sites for hydroxylation is 3. The molecule has 2 aromatic carbocycles.